The van der Waals surface area contributed by atoms with Crippen molar-refractivity contribution < 1.29 is 4.79 Å². The van der Waals surface area contributed by atoms with E-state index in [-0.39, 0.29) is 11.8 Å². The van der Waals surface area contributed by atoms with Gasteiger partial charge in [-0.15, -0.1) is 11.3 Å². The summed E-state index contributed by atoms with van der Waals surface area (Å²) in [5, 5.41) is 13.5. The number of pyridine rings is 1. The van der Waals surface area contributed by atoms with E-state index in [0.717, 1.165) is 64.0 Å². The van der Waals surface area contributed by atoms with E-state index < -0.39 is 0 Å². The molecule has 0 bridgehead atoms. The molecule has 0 aromatic carbocycles. The summed E-state index contributed by atoms with van der Waals surface area (Å²) in [6.45, 7) is 8.49. The van der Waals surface area contributed by atoms with Crippen LogP contribution in [0.25, 0.3) is 27.5 Å². The Hall–Kier alpha value is -3.11. The summed E-state index contributed by atoms with van der Waals surface area (Å²) < 4.78 is 1.82. The molecule has 184 valence electrons. The van der Waals surface area contributed by atoms with Crippen molar-refractivity contribution in [3.8, 4) is 21.8 Å². The predicted molar refractivity (Wildman–Crippen MR) is 138 cm³/mol. The van der Waals surface area contributed by atoms with Crippen molar-refractivity contribution in [2.24, 2.45) is 0 Å². The van der Waals surface area contributed by atoms with Gasteiger partial charge in [0, 0.05) is 42.5 Å². The van der Waals surface area contributed by atoms with Gasteiger partial charge < -0.3 is 9.80 Å². The fraction of sp³-hybridized carbons (Fsp3) is 0.480. The fourth-order valence-corrected chi connectivity index (χ4v) is 5.97. The smallest absolute Gasteiger partial charge is 0.236 e. The molecule has 0 radical (unpaired) electrons. The second kappa shape index (κ2) is 9.50. The molecular weight excluding hydrogens is 460 g/mol. The van der Waals surface area contributed by atoms with E-state index in [4.69, 9.17) is 10.1 Å². The van der Waals surface area contributed by atoms with Crippen molar-refractivity contribution in [1.29, 1.82) is 0 Å². The third-order valence-corrected chi connectivity index (χ3v) is 7.80. The van der Waals surface area contributed by atoms with E-state index >= 15 is 0 Å². The number of hydrogen-bond acceptors (Lipinski definition) is 7. The molecule has 5 rings (SSSR count). The zero-order valence-electron chi connectivity index (χ0n) is 20.9. The Labute approximate surface area is 209 Å². The molecule has 35 heavy (non-hydrogen) atoms. The van der Waals surface area contributed by atoms with Gasteiger partial charge >= 0.3 is 0 Å². The predicted octanol–water partition coefficient (Wildman–Crippen LogP) is 3.94. The van der Waals surface area contributed by atoms with Crippen molar-refractivity contribution in [3.05, 3.63) is 40.9 Å². The molecular formula is C25H32N8OS. The molecule has 0 unspecified atom stereocenters. The Morgan fingerprint density at radius 3 is 2.74 bits per heavy atom. The van der Waals surface area contributed by atoms with Gasteiger partial charge in [-0.25, -0.2) is 14.5 Å². The first-order valence-corrected chi connectivity index (χ1v) is 12.9. The van der Waals surface area contributed by atoms with E-state index in [2.05, 4.69) is 42.0 Å². The number of carbonyl (C=O) groups is 1. The third-order valence-electron chi connectivity index (χ3n) is 6.63. The van der Waals surface area contributed by atoms with Crippen molar-refractivity contribution in [2.45, 2.75) is 45.4 Å². The summed E-state index contributed by atoms with van der Waals surface area (Å²) in [7, 11) is 3.86. The maximum Gasteiger partial charge on any atom is 0.236 e. The molecule has 1 aliphatic rings. The van der Waals surface area contributed by atoms with Crippen LogP contribution in [0.4, 0.5) is 0 Å². The Bertz CT molecular complexity index is 1340. The second-order valence-corrected chi connectivity index (χ2v) is 11.0. The molecule has 1 N–H and O–H groups in total. The lowest BCUT2D eigenvalue weighted by atomic mass is 9.96. The van der Waals surface area contributed by atoms with E-state index in [1.165, 1.54) is 5.56 Å². The number of carbonyl (C=O) groups excluding carboxylic acids is 1. The summed E-state index contributed by atoms with van der Waals surface area (Å²) >= 11 is 1.73. The first-order valence-electron chi connectivity index (χ1n) is 12.1. The number of likely N-dealkylation sites (tertiary alicyclic amines) is 1. The molecule has 1 saturated heterocycles. The molecule has 4 aromatic rings. The summed E-state index contributed by atoms with van der Waals surface area (Å²) in [5.74, 6) is 0.871. The lowest BCUT2D eigenvalue weighted by Crippen LogP contribution is -2.42. The second-order valence-electron chi connectivity index (χ2n) is 9.91. The summed E-state index contributed by atoms with van der Waals surface area (Å²) in [4.78, 5) is 26.5. The number of thiazole rings is 1. The van der Waals surface area contributed by atoms with Crippen LogP contribution in [0.2, 0.25) is 0 Å². The lowest BCUT2D eigenvalue weighted by Gasteiger charge is -2.31. The minimum absolute atomic E-state index is 0.207. The van der Waals surface area contributed by atoms with Crippen LogP contribution >= 0.6 is 11.3 Å². The van der Waals surface area contributed by atoms with Crippen LogP contribution in [-0.4, -0.2) is 79.2 Å². The minimum atomic E-state index is 0.207. The maximum absolute atomic E-state index is 12.4. The molecule has 1 aliphatic heterocycles. The van der Waals surface area contributed by atoms with E-state index in [1.807, 2.05) is 40.8 Å². The summed E-state index contributed by atoms with van der Waals surface area (Å²) in [6.07, 6.45) is 7.44. The Morgan fingerprint density at radius 1 is 1.26 bits per heavy atom. The first-order chi connectivity index (χ1) is 16.8. The maximum atomic E-state index is 12.4. The van der Waals surface area contributed by atoms with Crippen molar-refractivity contribution >= 4 is 22.9 Å². The number of likely N-dealkylation sites (N-methyl/N-ethyl adjacent to an activating group) is 1. The first kappa shape index (κ1) is 23.6. The highest BCUT2D eigenvalue weighted by molar-refractivity contribution is 7.15. The van der Waals surface area contributed by atoms with Crippen molar-refractivity contribution in [3.63, 3.8) is 0 Å². The van der Waals surface area contributed by atoms with Gasteiger partial charge in [0.25, 0.3) is 0 Å². The van der Waals surface area contributed by atoms with Crippen LogP contribution in [0, 0.1) is 6.92 Å². The fourth-order valence-electron chi connectivity index (χ4n) is 4.88. The Kier molecular flexibility index (Phi) is 6.41. The molecule has 0 aliphatic carbocycles. The Balaban J connectivity index is 1.39. The molecule has 0 spiro atoms. The topological polar surface area (TPSA) is 95.3 Å². The average Bonchev–Trinajstić information content (AvgIpc) is 3.57. The molecule has 9 nitrogen and oxygen atoms in total. The summed E-state index contributed by atoms with van der Waals surface area (Å²) in [6, 6.07) is 2.14. The average molecular weight is 493 g/mol. The Morgan fingerprint density at radius 2 is 2.03 bits per heavy atom. The van der Waals surface area contributed by atoms with Gasteiger partial charge in [-0.05, 0) is 51.4 Å². The number of aromatic nitrogens is 6. The van der Waals surface area contributed by atoms with Crippen molar-refractivity contribution in [2.75, 3.05) is 33.7 Å². The quantitative estimate of drug-likeness (QED) is 0.438. The largest absolute Gasteiger partial charge is 0.342 e. The van der Waals surface area contributed by atoms with Crippen LogP contribution < -0.4 is 0 Å². The van der Waals surface area contributed by atoms with Crippen LogP contribution in [0.15, 0.2) is 24.8 Å². The number of piperidine rings is 1. The van der Waals surface area contributed by atoms with Crippen molar-refractivity contribution in [1.82, 2.24) is 39.6 Å². The highest BCUT2D eigenvalue weighted by atomic mass is 32.1. The van der Waals surface area contributed by atoms with Gasteiger partial charge in [0.15, 0.2) is 5.65 Å². The number of aromatic amines is 1. The lowest BCUT2D eigenvalue weighted by molar-refractivity contribution is -0.132. The number of fused-ring (bicyclic) bond motifs is 1. The van der Waals surface area contributed by atoms with Gasteiger partial charge in [0.2, 0.25) is 5.91 Å². The number of aryl methyl sites for hydroxylation is 1. The zero-order valence-corrected chi connectivity index (χ0v) is 21.8. The van der Waals surface area contributed by atoms with Crippen LogP contribution in [0.3, 0.4) is 0 Å². The van der Waals surface area contributed by atoms with E-state index in [0.29, 0.717) is 12.5 Å². The standard InChI is InChI=1S/C25H32N8OS/c1-15(2)21-22(18-10-16(3)24-27-14-28-33(24)12-18)29-30-23(21)19-11-26-25(35-19)17-6-8-32(9-7-17)20(34)13-31(4)5/h10-12,14-15,17H,6-9,13H2,1-5H3,(H,29,30). The molecule has 5 heterocycles. The highest BCUT2D eigenvalue weighted by Crippen LogP contribution is 2.40. The summed E-state index contributed by atoms with van der Waals surface area (Å²) in [5.41, 5.74) is 6.14. The van der Waals surface area contributed by atoms with Crippen LogP contribution in [0.1, 0.15) is 54.7 Å². The molecule has 1 fully saturated rings. The molecule has 0 atom stereocenters. The number of nitrogens with one attached hydrogen (secondary N) is 1. The SMILES string of the molecule is Cc1cc(-c2[nH]nc(-c3cnc(C4CCN(C(=O)CN(C)C)CC4)s3)c2C(C)C)cn2ncnc12. The van der Waals surface area contributed by atoms with E-state index in [9.17, 15) is 4.79 Å². The molecule has 4 aromatic heterocycles. The van der Waals surface area contributed by atoms with Crippen LogP contribution in [0.5, 0.6) is 0 Å². The van der Waals surface area contributed by atoms with Gasteiger partial charge in [-0.1, -0.05) is 13.8 Å². The normalized spacial score (nSPS) is 15.1. The number of amides is 1. The number of nitrogens with zero attached hydrogens (tertiary/aromatic N) is 7. The van der Waals surface area contributed by atoms with Crippen LogP contribution in [-0.2, 0) is 4.79 Å². The van der Waals surface area contributed by atoms with Gasteiger partial charge in [0.05, 0.1) is 22.1 Å². The molecule has 0 saturated carbocycles. The number of hydrogen-bond donors (Lipinski definition) is 1. The van der Waals surface area contributed by atoms with Gasteiger partial charge in [-0.3, -0.25) is 9.89 Å². The number of rotatable bonds is 6. The minimum Gasteiger partial charge on any atom is -0.342 e. The van der Waals surface area contributed by atoms with Gasteiger partial charge in [-0.2, -0.15) is 10.2 Å². The third kappa shape index (κ3) is 4.60. The monoisotopic (exact) mass is 492 g/mol. The zero-order chi connectivity index (χ0) is 24.7. The number of H-pyrrole nitrogens is 1. The highest BCUT2D eigenvalue weighted by Gasteiger charge is 2.27. The molecule has 10 heteroatoms. The van der Waals surface area contributed by atoms with Gasteiger partial charge in [0.1, 0.15) is 12.0 Å². The van der Waals surface area contributed by atoms with E-state index in [1.54, 1.807) is 17.7 Å². The molecule has 1 amide bonds.